The van der Waals surface area contributed by atoms with Crippen LogP contribution in [0.15, 0.2) is 6.07 Å². The lowest BCUT2D eigenvalue weighted by atomic mass is 10.0. The van der Waals surface area contributed by atoms with E-state index in [9.17, 15) is 4.79 Å². The zero-order valence-electron chi connectivity index (χ0n) is 18.0. The minimum absolute atomic E-state index is 0.155. The number of amides is 1. The summed E-state index contributed by atoms with van der Waals surface area (Å²) in [6, 6.07) is 2.66. The molecule has 2 atom stereocenters. The Kier molecular flexibility index (Phi) is 4.73. The molecule has 0 aromatic carbocycles. The molecule has 6 nitrogen and oxygen atoms in total. The van der Waals surface area contributed by atoms with Gasteiger partial charge in [-0.1, -0.05) is 13.8 Å². The fraction of sp³-hybridized carbons (Fsp3) is 0.682. The number of nitrogens with one attached hydrogen (secondary N) is 1. The molecule has 0 radical (unpaired) electrons. The van der Waals surface area contributed by atoms with Crippen LogP contribution < -0.4 is 5.32 Å². The molecule has 2 saturated heterocycles. The summed E-state index contributed by atoms with van der Waals surface area (Å²) >= 11 is 0. The summed E-state index contributed by atoms with van der Waals surface area (Å²) in [5, 5.41) is 9.20. The first kappa shape index (κ1) is 19.4. The van der Waals surface area contributed by atoms with E-state index in [0.29, 0.717) is 12.1 Å². The van der Waals surface area contributed by atoms with Crippen LogP contribution in [0.2, 0.25) is 0 Å². The van der Waals surface area contributed by atoms with E-state index < -0.39 is 0 Å². The van der Waals surface area contributed by atoms with Crippen molar-refractivity contribution in [2.45, 2.75) is 84.3 Å². The molecule has 0 saturated carbocycles. The molecule has 1 N–H and O–H groups in total. The zero-order chi connectivity index (χ0) is 20.2. The summed E-state index contributed by atoms with van der Waals surface area (Å²) in [5.74, 6) is 0.407. The highest BCUT2D eigenvalue weighted by atomic mass is 16.2. The van der Waals surface area contributed by atoms with Crippen LogP contribution in [0.3, 0.4) is 0 Å². The molecule has 152 valence electrons. The molecular formula is C22H33N5O. The topological polar surface area (TPSA) is 63.1 Å². The van der Waals surface area contributed by atoms with Crippen LogP contribution in [0.1, 0.15) is 81.5 Å². The summed E-state index contributed by atoms with van der Waals surface area (Å²) in [5.41, 5.74) is 3.26. The van der Waals surface area contributed by atoms with Crippen molar-refractivity contribution in [1.82, 2.24) is 25.0 Å². The van der Waals surface area contributed by atoms with E-state index >= 15 is 0 Å². The molecule has 0 aliphatic carbocycles. The van der Waals surface area contributed by atoms with E-state index in [2.05, 4.69) is 44.8 Å². The standard InChI is InChI=1S/C22H33N5O/c1-13(2)18-11-17(19-14(3)25-27(20(19)24-18)22(4,5)6)21(28)26-15-7-8-16(26)12-23-10-9-15/h11,13,15-16,23H,7-10,12H2,1-6H3. The van der Waals surface area contributed by atoms with Crippen LogP contribution in [-0.2, 0) is 5.54 Å². The second kappa shape index (κ2) is 6.83. The first-order valence-electron chi connectivity index (χ1n) is 10.6. The van der Waals surface area contributed by atoms with Gasteiger partial charge in [0.1, 0.15) is 0 Å². The molecule has 2 bridgehead atoms. The summed E-state index contributed by atoms with van der Waals surface area (Å²) in [6.07, 6.45) is 3.24. The molecule has 2 aliphatic rings. The number of nitrogens with zero attached hydrogens (tertiary/aromatic N) is 4. The van der Waals surface area contributed by atoms with Crippen LogP contribution >= 0.6 is 0 Å². The first-order valence-corrected chi connectivity index (χ1v) is 10.6. The maximum atomic E-state index is 13.8. The van der Waals surface area contributed by atoms with Crippen molar-refractivity contribution >= 4 is 16.9 Å². The molecule has 2 aromatic rings. The number of rotatable bonds is 2. The third-order valence-corrected chi connectivity index (χ3v) is 6.18. The Morgan fingerprint density at radius 3 is 2.61 bits per heavy atom. The van der Waals surface area contributed by atoms with Crippen LogP contribution in [-0.4, -0.2) is 50.7 Å². The molecule has 4 rings (SSSR count). The van der Waals surface area contributed by atoms with Crippen molar-refractivity contribution in [3.63, 3.8) is 0 Å². The average Bonchev–Trinajstić information content (AvgIpc) is 3.09. The van der Waals surface area contributed by atoms with Gasteiger partial charge in [-0.05, 0) is 65.5 Å². The largest absolute Gasteiger partial charge is 0.331 e. The number of carbonyl (C=O) groups excluding carboxylic acids is 1. The fourth-order valence-electron chi connectivity index (χ4n) is 4.69. The number of hydrogen-bond donors (Lipinski definition) is 1. The zero-order valence-corrected chi connectivity index (χ0v) is 18.0. The number of aryl methyl sites for hydroxylation is 1. The third-order valence-electron chi connectivity index (χ3n) is 6.18. The highest BCUT2D eigenvalue weighted by Crippen LogP contribution is 2.34. The Labute approximate surface area is 167 Å². The second-order valence-electron chi connectivity index (χ2n) is 9.71. The first-order chi connectivity index (χ1) is 13.2. The maximum Gasteiger partial charge on any atom is 0.255 e. The number of carbonyl (C=O) groups is 1. The van der Waals surface area contributed by atoms with Crippen LogP contribution in [0.4, 0.5) is 0 Å². The van der Waals surface area contributed by atoms with Gasteiger partial charge in [-0.15, -0.1) is 0 Å². The van der Waals surface area contributed by atoms with E-state index in [4.69, 9.17) is 10.1 Å². The van der Waals surface area contributed by atoms with Gasteiger partial charge in [-0.3, -0.25) is 4.79 Å². The third kappa shape index (κ3) is 3.11. The predicted molar refractivity (Wildman–Crippen MR) is 112 cm³/mol. The minimum atomic E-state index is -0.193. The van der Waals surface area contributed by atoms with E-state index in [1.807, 2.05) is 17.7 Å². The molecule has 2 unspecified atom stereocenters. The van der Waals surface area contributed by atoms with Crippen LogP contribution in [0.5, 0.6) is 0 Å². The predicted octanol–water partition coefficient (Wildman–Crippen LogP) is 3.58. The van der Waals surface area contributed by atoms with Crippen LogP contribution in [0, 0.1) is 6.92 Å². The molecule has 28 heavy (non-hydrogen) atoms. The SMILES string of the molecule is Cc1nn(C(C)(C)C)c2nc(C(C)C)cc(C(=O)N3C4CCNCC3CC4)c12. The van der Waals surface area contributed by atoms with Gasteiger partial charge in [-0.25, -0.2) is 9.67 Å². The lowest BCUT2D eigenvalue weighted by Crippen LogP contribution is -2.42. The summed E-state index contributed by atoms with van der Waals surface area (Å²) in [7, 11) is 0. The molecule has 4 heterocycles. The highest BCUT2D eigenvalue weighted by molar-refractivity contribution is 6.07. The maximum absolute atomic E-state index is 13.8. The molecule has 2 fully saturated rings. The number of aromatic nitrogens is 3. The molecule has 2 aliphatic heterocycles. The molecular weight excluding hydrogens is 350 g/mol. The quantitative estimate of drug-likeness (QED) is 0.861. The molecule has 6 heteroatoms. The number of fused-ring (bicyclic) bond motifs is 3. The van der Waals surface area contributed by atoms with Crippen molar-refractivity contribution in [3.05, 3.63) is 23.0 Å². The lowest BCUT2D eigenvalue weighted by Gasteiger charge is -2.28. The van der Waals surface area contributed by atoms with E-state index in [-0.39, 0.29) is 17.4 Å². The van der Waals surface area contributed by atoms with Crippen molar-refractivity contribution < 1.29 is 4.79 Å². The van der Waals surface area contributed by atoms with Gasteiger partial charge >= 0.3 is 0 Å². The molecule has 2 aromatic heterocycles. The molecule has 0 spiro atoms. The van der Waals surface area contributed by atoms with Gasteiger partial charge in [0.25, 0.3) is 5.91 Å². The van der Waals surface area contributed by atoms with E-state index in [0.717, 1.165) is 60.3 Å². The minimum Gasteiger partial charge on any atom is -0.331 e. The van der Waals surface area contributed by atoms with Gasteiger partial charge in [0.2, 0.25) is 0 Å². The highest BCUT2D eigenvalue weighted by Gasteiger charge is 2.39. The van der Waals surface area contributed by atoms with Gasteiger partial charge in [0, 0.05) is 24.3 Å². The van der Waals surface area contributed by atoms with E-state index in [1.54, 1.807) is 0 Å². The van der Waals surface area contributed by atoms with Crippen molar-refractivity contribution in [1.29, 1.82) is 0 Å². The van der Waals surface area contributed by atoms with E-state index in [1.165, 1.54) is 0 Å². The van der Waals surface area contributed by atoms with Gasteiger partial charge < -0.3 is 10.2 Å². The Hall–Kier alpha value is -1.95. The summed E-state index contributed by atoms with van der Waals surface area (Å²) < 4.78 is 1.99. The van der Waals surface area contributed by atoms with Gasteiger partial charge in [0.05, 0.1) is 22.2 Å². The monoisotopic (exact) mass is 383 g/mol. The summed E-state index contributed by atoms with van der Waals surface area (Å²) in [6.45, 7) is 14.5. The molecule has 1 amide bonds. The Bertz CT molecular complexity index is 894. The second-order valence-corrected chi connectivity index (χ2v) is 9.71. The normalized spacial score (nSPS) is 22.9. The van der Waals surface area contributed by atoms with Crippen molar-refractivity contribution in [3.8, 4) is 0 Å². The number of hydrogen-bond acceptors (Lipinski definition) is 4. The Balaban J connectivity index is 1.90. The van der Waals surface area contributed by atoms with Crippen LogP contribution in [0.25, 0.3) is 11.0 Å². The van der Waals surface area contributed by atoms with Gasteiger partial charge in [-0.2, -0.15) is 5.10 Å². The lowest BCUT2D eigenvalue weighted by molar-refractivity contribution is 0.0682. The smallest absolute Gasteiger partial charge is 0.255 e. The Morgan fingerprint density at radius 1 is 1.21 bits per heavy atom. The van der Waals surface area contributed by atoms with Gasteiger partial charge in [0.15, 0.2) is 5.65 Å². The number of pyridine rings is 1. The fourth-order valence-corrected chi connectivity index (χ4v) is 4.69. The Morgan fingerprint density at radius 2 is 1.93 bits per heavy atom. The van der Waals surface area contributed by atoms with Crippen molar-refractivity contribution in [2.24, 2.45) is 0 Å². The average molecular weight is 384 g/mol. The summed E-state index contributed by atoms with van der Waals surface area (Å²) in [4.78, 5) is 20.9. The van der Waals surface area contributed by atoms with Crippen molar-refractivity contribution in [2.75, 3.05) is 13.1 Å².